The topological polar surface area (TPSA) is 150 Å². The normalized spacial score (nSPS) is 16.0. The molecule has 0 radical (unpaired) electrons. The highest BCUT2D eigenvalue weighted by molar-refractivity contribution is 6.15. The number of nitro benzene ring substituents is 1. The lowest BCUT2D eigenvalue weighted by Crippen LogP contribution is -2.35. The highest BCUT2D eigenvalue weighted by Crippen LogP contribution is 2.27. The summed E-state index contributed by atoms with van der Waals surface area (Å²) in [5.74, 6) is -2.76. The number of nitrogens with one attached hydrogen (secondary N) is 1. The van der Waals surface area contributed by atoms with Crippen molar-refractivity contribution in [3.8, 4) is 5.75 Å². The summed E-state index contributed by atoms with van der Waals surface area (Å²) in [5.41, 5.74) is -0.593. The number of amides is 3. The molecule has 1 aromatic carbocycles. The van der Waals surface area contributed by atoms with E-state index in [0.717, 1.165) is 18.2 Å². The average Bonchev–Trinajstić information content (AvgIpc) is 2.68. The predicted octanol–water partition coefficient (Wildman–Crippen LogP) is 0.278. The number of imide groups is 1. The largest absolute Gasteiger partial charge is 0.502 e. The highest BCUT2D eigenvalue weighted by Gasteiger charge is 2.34. The number of phenols is 1. The molecule has 10 nitrogen and oxygen atoms in total. The predicted molar refractivity (Wildman–Crippen MR) is 70.6 cm³/mol. The third-order valence-electron chi connectivity index (χ3n) is 2.76. The number of carbonyl (C=O) groups excluding carboxylic acids is 2. The van der Waals surface area contributed by atoms with Crippen molar-refractivity contribution in [3.05, 3.63) is 39.6 Å². The number of rotatable bonds is 4. The lowest BCUT2D eigenvalue weighted by atomic mass is 10.1. The average molecular weight is 307 g/mol. The van der Waals surface area contributed by atoms with Crippen LogP contribution in [0.2, 0.25) is 0 Å². The summed E-state index contributed by atoms with van der Waals surface area (Å²) in [6.07, 6.45) is 1.15. The van der Waals surface area contributed by atoms with Crippen LogP contribution in [0.4, 0.5) is 10.5 Å². The highest BCUT2D eigenvalue weighted by atomic mass is 16.6. The molecule has 1 heterocycles. The van der Waals surface area contributed by atoms with Crippen LogP contribution in [0.15, 0.2) is 23.9 Å². The van der Waals surface area contributed by atoms with Gasteiger partial charge in [0, 0.05) is 6.07 Å². The second-order valence-electron chi connectivity index (χ2n) is 4.28. The van der Waals surface area contributed by atoms with Gasteiger partial charge >= 0.3 is 17.7 Å². The second-order valence-corrected chi connectivity index (χ2v) is 4.28. The van der Waals surface area contributed by atoms with Crippen LogP contribution >= 0.6 is 0 Å². The molecule has 10 heteroatoms. The summed E-state index contributed by atoms with van der Waals surface area (Å²) in [4.78, 5) is 44.3. The molecule has 0 unspecified atom stereocenters. The number of nitrogens with zero attached hydrogens (tertiary/aromatic N) is 2. The van der Waals surface area contributed by atoms with E-state index in [1.165, 1.54) is 6.07 Å². The number of aliphatic carboxylic acids is 1. The molecule has 3 N–H and O–H groups in total. The zero-order valence-corrected chi connectivity index (χ0v) is 10.8. The van der Waals surface area contributed by atoms with Crippen LogP contribution in [0.1, 0.15) is 5.56 Å². The van der Waals surface area contributed by atoms with E-state index in [-0.39, 0.29) is 11.3 Å². The third kappa shape index (κ3) is 2.85. The molecular formula is C12H9N3O7. The van der Waals surface area contributed by atoms with E-state index < -0.39 is 40.8 Å². The molecule has 0 spiro atoms. The molecule has 0 atom stereocenters. The maximum atomic E-state index is 11.9. The summed E-state index contributed by atoms with van der Waals surface area (Å²) in [5, 5.41) is 30.8. The summed E-state index contributed by atoms with van der Waals surface area (Å²) in [6, 6.07) is 2.49. The van der Waals surface area contributed by atoms with Gasteiger partial charge in [-0.05, 0) is 17.7 Å². The number of hydrogen-bond donors (Lipinski definition) is 3. The zero-order chi connectivity index (χ0) is 16.4. The first kappa shape index (κ1) is 15.0. The number of hydrogen-bond acceptors (Lipinski definition) is 6. The van der Waals surface area contributed by atoms with E-state index in [4.69, 9.17) is 5.11 Å². The summed E-state index contributed by atoms with van der Waals surface area (Å²) < 4.78 is 0. The number of nitro groups is 1. The van der Waals surface area contributed by atoms with Crippen molar-refractivity contribution in [2.75, 3.05) is 6.54 Å². The van der Waals surface area contributed by atoms with E-state index in [1.54, 1.807) is 0 Å². The summed E-state index contributed by atoms with van der Waals surface area (Å²) in [7, 11) is 0. The monoisotopic (exact) mass is 307 g/mol. The molecule has 114 valence electrons. The number of urea groups is 1. The van der Waals surface area contributed by atoms with Crippen molar-refractivity contribution < 1.29 is 29.5 Å². The Morgan fingerprint density at radius 2 is 2.09 bits per heavy atom. The van der Waals surface area contributed by atoms with Crippen molar-refractivity contribution in [2.24, 2.45) is 0 Å². The Bertz CT molecular complexity index is 725. The van der Waals surface area contributed by atoms with Crippen LogP contribution in [0, 0.1) is 10.1 Å². The van der Waals surface area contributed by atoms with Gasteiger partial charge in [0.15, 0.2) is 5.75 Å². The first-order valence-electron chi connectivity index (χ1n) is 5.83. The van der Waals surface area contributed by atoms with Gasteiger partial charge in [-0.25, -0.2) is 9.69 Å². The molecule has 0 bridgehead atoms. The third-order valence-corrected chi connectivity index (χ3v) is 2.76. The van der Waals surface area contributed by atoms with Gasteiger partial charge in [0.2, 0.25) is 0 Å². The van der Waals surface area contributed by atoms with Crippen LogP contribution < -0.4 is 5.32 Å². The second kappa shape index (κ2) is 5.52. The molecule has 3 amide bonds. The number of phenolic OH excluding ortho intramolecular Hbond substituents is 1. The van der Waals surface area contributed by atoms with Crippen LogP contribution in [0.5, 0.6) is 5.75 Å². The molecule has 22 heavy (non-hydrogen) atoms. The van der Waals surface area contributed by atoms with Crippen molar-refractivity contribution in [1.82, 2.24) is 10.2 Å². The van der Waals surface area contributed by atoms with Gasteiger partial charge in [-0.1, -0.05) is 6.07 Å². The Balaban J connectivity index is 2.33. The number of carboxylic acid groups (broad SMARTS) is 1. The maximum absolute atomic E-state index is 11.9. The quantitative estimate of drug-likeness (QED) is 0.313. The number of benzene rings is 1. The van der Waals surface area contributed by atoms with Crippen molar-refractivity contribution in [3.63, 3.8) is 0 Å². The van der Waals surface area contributed by atoms with Crippen LogP contribution in [-0.4, -0.2) is 44.5 Å². The molecule has 2 rings (SSSR count). The molecule has 1 saturated heterocycles. The lowest BCUT2D eigenvalue weighted by Gasteiger charge is -2.06. The Hall–Kier alpha value is -3.43. The summed E-state index contributed by atoms with van der Waals surface area (Å²) in [6.45, 7) is -0.794. The van der Waals surface area contributed by atoms with E-state index in [1.807, 2.05) is 0 Å². The van der Waals surface area contributed by atoms with Gasteiger partial charge < -0.3 is 15.5 Å². The molecule has 1 aliphatic heterocycles. The molecule has 0 aliphatic carbocycles. The van der Waals surface area contributed by atoms with E-state index in [2.05, 4.69) is 5.32 Å². The summed E-state index contributed by atoms with van der Waals surface area (Å²) >= 11 is 0. The maximum Gasteiger partial charge on any atom is 0.329 e. The molecule has 0 saturated carbocycles. The van der Waals surface area contributed by atoms with E-state index >= 15 is 0 Å². The van der Waals surface area contributed by atoms with Crippen LogP contribution in [0.25, 0.3) is 6.08 Å². The standard InChI is InChI=1S/C12H9N3O7/c16-9-2-1-6(4-8(9)15(21)22)3-7-11(19)14(5-10(17)18)12(20)13-7/h1-4,16H,5H2,(H,13,20)(H,17,18)/b7-3+. The van der Waals surface area contributed by atoms with Gasteiger partial charge in [0.05, 0.1) is 4.92 Å². The number of aromatic hydroxyl groups is 1. The minimum Gasteiger partial charge on any atom is -0.502 e. The van der Waals surface area contributed by atoms with Crippen molar-refractivity contribution in [2.45, 2.75) is 0 Å². The molecule has 1 fully saturated rings. The number of carboxylic acids is 1. The first-order chi connectivity index (χ1) is 10.3. The lowest BCUT2D eigenvalue weighted by molar-refractivity contribution is -0.385. The zero-order valence-electron chi connectivity index (χ0n) is 10.8. The molecular weight excluding hydrogens is 298 g/mol. The minimum absolute atomic E-state index is 0.185. The Labute approximate surface area is 122 Å². The van der Waals surface area contributed by atoms with Crippen molar-refractivity contribution in [1.29, 1.82) is 0 Å². The van der Waals surface area contributed by atoms with Gasteiger partial charge in [-0.3, -0.25) is 19.7 Å². The van der Waals surface area contributed by atoms with Gasteiger partial charge in [-0.2, -0.15) is 0 Å². The van der Waals surface area contributed by atoms with Gasteiger partial charge in [-0.15, -0.1) is 0 Å². The molecule has 0 aromatic heterocycles. The fraction of sp³-hybridized carbons (Fsp3) is 0.0833. The fourth-order valence-electron chi connectivity index (χ4n) is 1.79. The smallest absolute Gasteiger partial charge is 0.329 e. The van der Waals surface area contributed by atoms with Gasteiger partial charge in [0.1, 0.15) is 12.2 Å². The van der Waals surface area contributed by atoms with Crippen LogP contribution in [0.3, 0.4) is 0 Å². The Morgan fingerprint density at radius 3 is 2.68 bits per heavy atom. The molecule has 1 aliphatic rings. The van der Waals surface area contributed by atoms with Crippen LogP contribution in [-0.2, 0) is 9.59 Å². The van der Waals surface area contributed by atoms with E-state index in [0.29, 0.717) is 4.90 Å². The fourth-order valence-corrected chi connectivity index (χ4v) is 1.79. The Morgan fingerprint density at radius 1 is 1.41 bits per heavy atom. The van der Waals surface area contributed by atoms with Gasteiger partial charge in [0.25, 0.3) is 5.91 Å². The Kier molecular flexibility index (Phi) is 3.75. The molecule has 1 aromatic rings. The first-order valence-corrected chi connectivity index (χ1v) is 5.83. The number of carbonyl (C=O) groups is 3. The minimum atomic E-state index is -1.36. The SMILES string of the molecule is O=C(O)CN1C(=O)N/C(=C/c2ccc(O)c([N+](=O)[O-])c2)C1=O. The van der Waals surface area contributed by atoms with Crippen molar-refractivity contribution >= 4 is 29.7 Å². The van der Waals surface area contributed by atoms with E-state index in [9.17, 15) is 29.6 Å².